The zero-order valence-corrected chi connectivity index (χ0v) is 16.6. The van der Waals surface area contributed by atoms with E-state index in [1.807, 2.05) is 66.7 Å². The van der Waals surface area contributed by atoms with Crippen LogP contribution in [0.25, 0.3) is 22.5 Å². The molecule has 0 saturated carbocycles. The van der Waals surface area contributed by atoms with E-state index in [1.54, 1.807) is 7.11 Å². The molecular weight excluding hydrogens is 374 g/mol. The first kappa shape index (κ1) is 18.2. The number of nitrogen functional groups attached to an aromatic ring is 1. The molecule has 3 aromatic carbocycles. The molecular formula is C25H21N3O2. The summed E-state index contributed by atoms with van der Waals surface area (Å²) in [4.78, 5) is 9.14. The maximum absolute atomic E-state index is 6.21. The van der Waals surface area contributed by atoms with Gasteiger partial charge in [-0.2, -0.15) is 0 Å². The van der Waals surface area contributed by atoms with Crippen LogP contribution in [-0.2, 0) is 13.0 Å². The van der Waals surface area contributed by atoms with Gasteiger partial charge in [-0.3, -0.25) is 0 Å². The van der Waals surface area contributed by atoms with Gasteiger partial charge in [0.2, 0.25) is 5.95 Å². The topological polar surface area (TPSA) is 70.3 Å². The molecule has 1 aromatic heterocycles. The number of benzene rings is 3. The minimum atomic E-state index is 0.269. The van der Waals surface area contributed by atoms with E-state index in [0.29, 0.717) is 6.61 Å². The van der Waals surface area contributed by atoms with E-state index < -0.39 is 0 Å². The van der Waals surface area contributed by atoms with Gasteiger partial charge < -0.3 is 15.2 Å². The van der Waals surface area contributed by atoms with Gasteiger partial charge in [0.15, 0.2) is 0 Å². The van der Waals surface area contributed by atoms with Crippen LogP contribution in [0.15, 0.2) is 72.8 Å². The number of aromatic nitrogens is 2. The molecule has 0 bridgehead atoms. The van der Waals surface area contributed by atoms with E-state index in [-0.39, 0.29) is 5.95 Å². The van der Waals surface area contributed by atoms with Crippen LogP contribution < -0.4 is 15.2 Å². The maximum atomic E-state index is 6.21. The Morgan fingerprint density at radius 2 is 1.63 bits per heavy atom. The van der Waals surface area contributed by atoms with Crippen LogP contribution in [0, 0.1) is 0 Å². The van der Waals surface area contributed by atoms with Crippen molar-refractivity contribution in [3.8, 4) is 34.0 Å². The molecule has 0 saturated heterocycles. The summed E-state index contributed by atoms with van der Waals surface area (Å²) >= 11 is 0. The fraction of sp³-hybridized carbons (Fsp3) is 0.120. The predicted molar refractivity (Wildman–Crippen MR) is 117 cm³/mol. The Morgan fingerprint density at radius 1 is 0.867 bits per heavy atom. The van der Waals surface area contributed by atoms with Crippen molar-refractivity contribution in [2.75, 3.05) is 12.8 Å². The molecule has 0 amide bonds. The number of rotatable bonds is 5. The van der Waals surface area contributed by atoms with Crippen LogP contribution in [0.1, 0.15) is 16.7 Å². The van der Waals surface area contributed by atoms with Crippen LogP contribution in [0.3, 0.4) is 0 Å². The number of hydrogen-bond acceptors (Lipinski definition) is 5. The van der Waals surface area contributed by atoms with Crippen LogP contribution in [0.2, 0.25) is 0 Å². The Balaban J connectivity index is 1.52. The van der Waals surface area contributed by atoms with Gasteiger partial charge in [0, 0.05) is 23.1 Å². The van der Waals surface area contributed by atoms with Gasteiger partial charge in [-0.1, -0.05) is 54.6 Å². The molecule has 0 aliphatic heterocycles. The number of nitrogens with two attached hydrogens (primary N) is 1. The Kier molecular flexibility index (Phi) is 4.56. The van der Waals surface area contributed by atoms with Crippen LogP contribution >= 0.6 is 0 Å². The molecule has 2 N–H and O–H groups in total. The largest absolute Gasteiger partial charge is 0.497 e. The summed E-state index contributed by atoms with van der Waals surface area (Å²) < 4.78 is 11.4. The number of hydrogen-bond donors (Lipinski definition) is 1. The molecule has 1 heterocycles. The average Bonchev–Trinajstić information content (AvgIpc) is 3.17. The van der Waals surface area contributed by atoms with E-state index in [1.165, 1.54) is 5.56 Å². The lowest BCUT2D eigenvalue weighted by Gasteiger charge is -2.12. The minimum Gasteiger partial charge on any atom is -0.497 e. The second kappa shape index (κ2) is 7.52. The molecule has 1 aliphatic carbocycles. The average molecular weight is 395 g/mol. The lowest BCUT2D eigenvalue weighted by atomic mass is 10.0. The number of methoxy groups -OCH3 is 1. The standard InChI is InChI=1S/C25H21N3O2/c1-29-19-12-10-16(11-13-19)15-30-21-9-5-8-18-14-20-23(17-6-3-2-4-7-17)27-25(26)28-24(20)22(18)21/h2-13H,14-15H2,1H3,(H2,26,27,28). The molecule has 5 nitrogen and oxygen atoms in total. The van der Waals surface area contributed by atoms with E-state index in [4.69, 9.17) is 15.2 Å². The summed E-state index contributed by atoms with van der Waals surface area (Å²) in [5.41, 5.74) is 13.2. The molecule has 0 radical (unpaired) electrons. The zero-order valence-electron chi connectivity index (χ0n) is 16.6. The van der Waals surface area contributed by atoms with Crippen molar-refractivity contribution in [1.82, 2.24) is 9.97 Å². The summed E-state index contributed by atoms with van der Waals surface area (Å²) in [6.45, 7) is 0.460. The molecule has 1 aliphatic rings. The summed E-state index contributed by atoms with van der Waals surface area (Å²) in [5.74, 6) is 1.90. The van der Waals surface area contributed by atoms with Crippen molar-refractivity contribution in [3.63, 3.8) is 0 Å². The molecule has 0 unspecified atom stereocenters. The summed E-state index contributed by atoms with van der Waals surface area (Å²) in [5, 5.41) is 0. The first-order chi connectivity index (χ1) is 14.7. The Morgan fingerprint density at radius 3 is 2.40 bits per heavy atom. The third kappa shape index (κ3) is 3.24. The van der Waals surface area contributed by atoms with Gasteiger partial charge in [0.1, 0.15) is 18.1 Å². The molecule has 5 heteroatoms. The molecule has 5 rings (SSSR count). The van der Waals surface area contributed by atoms with Crippen molar-refractivity contribution >= 4 is 5.95 Å². The molecule has 0 spiro atoms. The third-order valence-electron chi connectivity index (χ3n) is 5.34. The summed E-state index contributed by atoms with van der Waals surface area (Å²) in [6, 6.07) is 24.1. The molecule has 148 valence electrons. The highest BCUT2D eigenvalue weighted by atomic mass is 16.5. The highest BCUT2D eigenvalue weighted by Gasteiger charge is 2.28. The van der Waals surface area contributed by atoms with Gasteiger partial charge in [0.25, 0.3) is 0 Å². The van der Waals surface area contributed by atoms with Gasteiger partial charge in [-0.15, -0.1) is 0 Å². The van der Waals surface area contributed by atoms with Crippen molar-refractivity contribution < 1.29 is 9.47 Å². The van der Waals surface area contributed by atoms with E-state index in [2.05, 4.69) is 16.0 Å². The molecule has 0 fully saturated rings. The van der Waals surface area contributed by atoms with E-state index >= 15 is 0 Å². The van der Waals surface area contributed by atoms with Gasteiger partial charge in [0.05, 0.1) is 18.5 Å². The second-order valence-electron chi connectivity index (χ2n) is 7.23. The van der Waals surface area contributed by atoms with Gasteiger partial charge in [-0.05, 0) is 29.3 Å². The lowest BCUT2D eigenvalue weighted by molar-refractivity contribution is 0.307. The SMILES string of the molecule is COc1ccc(COc2cccc3c2-c2nc(N)nc(-c4ccccc4)c2C3)cc1. The fourth-order valence-electron chi connectivity index (χ4n) is 3.90. The third-order valence-corrected chi connectivity index (χ3v) is 5.34. The fourth-order valence-corrected chi connectivity index (χ4v) is 3.90. The molecule has 4 aromatic rings. The first-order valence-electron chi connectivity index (χ1n) is 9.83. The molecule has 30 heavy (non-hydrogen) atoms. The normalized spacial score (nSPS) is 11.6. The smallest absolute Gasteiger partial charge is 0.221 e. The van der Waals surface area contributed by atoms with Crippen LogP contribution in [0.5, 0.6) is 11.5 Å². The number of anilines is 1. The second-order valence-corrected chi connectivity index (χ2v) is 7.23. The lowest BCUT2D eigenvalue weighted by Crippen LogP contribution is -2.02. The summed E-state index contributed by atoms with van der Waals surface area (Å²) in [7, 11) is 1.66. The maximum Gasteiger partial charge on any atom is 0.221 e. The predicted octanol–water partition coefficient (Wildman–Crippen LogP) is 4.88. The van der Waals surface area contributed by atoms with Crippen molar-refractivity contribution in [3.05, 3.63) is 89.5 Å². The van der Waals surface area contributed by atoms with Crippen LogP contribution in [-0.4, -0.2) is 17.1 Å². The highest BCUT2D eigenvalue weighted by molar-refractivity contribution is 5.84. The Bertz CT molecular complexity index is 1210. The van der Waals surface area contributed by atoms with Crippen molar-refractivity contribution in [2.24, 2.45) is 0 Å². The first-order valence-corrected chi connectivity index (χ1v) is 9.83. The highest BCUT2D eigenvalue weighted by Crippen LogP contribution is 2.44. The Hall–Kier alpha value is -3.86. The van der Waals surface area contributed by atoms with Crippen molar-refractivity contribution in [1.29, 1.82) is 0 Å². The van der Waals surface area contributed by atoms with Gasteiger partial charge >= 0.3 is 0 Å². The molecule has 0 atom stereocenters. The number of ether oxygens (including phenoxy) is 2. The van der Waals surface area contributed by atoms with Crippen LogP contribution in [0.4, 0.5) is 5.95 Å². The monoisotopic (exact) mass is 395 g/mol. The van der Waals surface area contributed by atoms with Gasteiger partial charge in [-0.25, -0.2) is 9.97 Å². The number of nitrogens with zero attached hydrogens (tertiary/aromatic N) is 2. The quantitative estimate of drug-likeness (QED) is 0.459. The zero-order chi connectivity index (χ0) is 20.5. The van der Waals surface area contributed by atoms with Crippen molar-refractivity contribution in [2.45, 2.75) is 13.0 Å². The van der Waals surface area contributed by atoms with E-state index in [9.17, 15) is 0 Å². The van der Waals surface area contributed by atoms with E-state index in [0.717, 1.165) is 51.6 Å². The Labute approximate surface area is 175 Å². The summed E-state index contributed by atoms with van der Waals surface area (Å²) in [6.07, 6.45) is 0.759. The number of fused-ring (bicyclic) bond motifs is 3. The minimum absolute atomic E-state index is 0.269.